The van der Waals surface area contributed by atoms with Crippen LogP contribution in [0.15, 0.2) is 42.6 Å². The quantitative estimate of drug-likeness (QED) is 0.883. The molecule has 96 valence electrons. The maximum atomic E-state index is 12.0. The molecule has 1 aromatic carbocycles. The minimum Gasteiger partial charge on any atom is -0.478 e. The molecule has 0 saturated heterocycles. The smallest absolute Gasteiger partial charge is 0.335 e. The fraction of sp³-hybridized carbons (Fsp3) is 0.0714. The summed E-state index contributed by atoms with van der Waals surface area (Å²) >= 11 is 0. The molecule has 0 radical (unpaired) electrons. The molecule has 0 aliphatic carbocycles. The average Bonchev–Trinajstić information content (AvgIpc) is 2.39. The second-order valence-electron chi connectivity index (χ2n) is 4.00. The van der Waals surface area contributed by atoms with Crippen LogP contribution in [0.4, 0.5) is 5.82 Å². The fourth-order valence-electron chi connectivity index (χ4n) is 1.64. The Bertz CT molecular complexity index is 638. The first kappa shape index (κ1) is 12.8. The monoisotopic (exact) mass is 256 g/mol. The molecule has 0 saturated carbocycles. The molecule has 0 spiro atoms. The molecule has 0 fully saturated rings. The average molecular weight is 256 g/mol. The van der Waals surface area contributed by atoms with Gasteiger partial charge in [0, 0.05) is 11.8 Å². The summed E-state index contributed by atoms with van der Waals surface area (Å²) in [5.74, 6) is -1.16. The van der Waals surface area contributed by atoms with E-state index in [0.29, 0.717) is 5.56 Å². The maximum absolute atomic E-state index is 12.0. The Hall–Kier alpha value is -2.69. The molecule has 1 amide bonds. The van der Waals surface area contributed by atoms with Gasteiger partial charge in [0.15, 0.2) is 0 Å². The summed E-state index contributed by atoms with van der Waals surface area (Å²) in [7, 11) is 0. The number of anilines is 1. The number of nitrogens with zero attached hydrogens (tertiary/aromatic N) is 1. The number of amides is 1. The van der Waals surface area contributed by atoms with E-state index < -0.39 is 5.97 Å². The highest BCUT2D eigenvalue weighted by molar-refractivity contribution is 6.05. The van der Waals surface area contributed by atoms with Crippen molar-refractivity contribution in [2.24, 2.45) is 0 Å². The molecule has 0 bridgehead atoms. The van der Waals surface area contributed by atoms with Gasteiger partial charge in [0.05, 0.1) is 5.56 Å². The van der Waals surface area contributed by atoms with Crippen LogP contribution in [0.3, 0.4) is 0 Å². The highest BCUT2D eigenvalue weighted by atomic mass is 16.4. The predicted octanol–water partition coefficient (Wildman–Crippen LogP) is 2.34. The van der Waals surface area contributed by atoms with Gasteiger partial charge in [-0.05, 0) is 30.7 Å². The number of carboxylic acids is 1. The third-order valence-electron chi connectivity index (χ3n) is 2.64. The van der Waals surface area contributed by atoms with E-state index in [1.54, 1.807) is 12.1 Å². The van der Waals surface area contributed by atoms with Crippen molar-refractivity contribution in [3.63, 3.8) is 0 Å². The molecule has 0 atom stereocenters. The van der Waals surface area contributed by atoms with Gasteiger partial charge in [-0.25, -0.2) is 9.78 Å². The van der Waals surface area contributed by atoms with Crippen molar-refractivity contribution in [3.8, 4) is 0 Å². The highest BCUT2D eigenvalue weighted by Gasteiger charge is 2.10. The molecule has 1 aromatic heterocycles. The number of carbonyl (C=O) groups excluding carboxylic acids is 1. The van der Waals surface area contributed by atoms with E-state index in [0.717, 1.165) is 5.56 Å². The zero-order valence-corrected chi connectivity index (χ0v) is 10.3. The van der Waals surface area contributed by atoms with E-state index in [4.69, 9.17) is 5.11 Å². The number of nitrogens with one attached hydrogen (secondary N) is 1. The SMILES string of the molecule is Cc1ccccc1C(=O)Nc1cc(C(=O)O)ccn1. The third kappa shape index (κ3) is 2.95. The van der Waals surface area contributed by atoms with Crippen LogP contribution >= 0.6 is 0 Å². The topological polar surface area (TPSA) is 79.3 Å². The summed E-state index contributed by atoms with van der Waals surface area (Å²) in [6.45, 7) is 1.83. The van der Waals surface area contributed by atoms with Crippen molar-refractivity contribution in [3.05, 3.63) is 59.3 Å². The Morgan fingerprint density at radius 1 is 1.21 bits per heavy atom. The van der Waals surface area contributed by atoms with E-state index in [1.165, 1.54) is 18.3 Å². The first-order valence-electron chi connectivity index (χ1n) is 5.64. The number of hydrogen-bond donors (Lipinski definition) is 2. The molecule has 0 aliphatic heterocycles. The Kier molecular flexibility index (Phi) is 3.56. The summed E-state index contributed by atoms with van der Waals surface area (Å²) in [5, 5.41) is 11.4. The number of benzene rings is 1. The van der Waals surface area contributed by atoms with Crippen LogP contribution in [0.1, 0.15) is 26.3 Å². The van der Waals surface area contributed by atoms with E-state index in [9.17, 15) is 9.59 Å². The summed E-state index contributed by atoms with van der Waals surface area (Å²) in [6.07, 6.45) is 1.34. The Morgan fingerprint density at radius 2 is 1.95 bits per heavy atom. The number of pyridine rings is 1. The molecule has 0 aliphatic rings. The normalized spacial score (nSPS) is 9.95. The minimum absolute atomic E-state index is 0.0788. The lowest BCUT2D eigenvalue weighted by molar-refractivity contribution is 0.0696. The van der Waals surface area contributed by atoms with Gasteiger partial charge in [-0.1, -0.05) is 18.2 Å². The van der Waals surface area contributed by atoms with Crippen LogP contribution in [-0.2, 0) is 0 Å². The zero-order valence-electron chi connectivity index (χ0n) is 10.3. The molecule has 2 N–H and O–H groups in total. The second-order valence-corrected chi connectivity index (χ2v) is 4.00. The molecule has 0 unspecified atom stereocenters. The Balaban J connectivity index is 2.22. The lowest BCUT2D eigenvalue weighted by Crippen LogP contribution is -2.14. The van der Waals surface area contributed by atoms with E-state index in [-0.39, 0.29) is 17.3 Å². The maximum Gasteiger partial charge on any atom is 0.335 e. The fourth-order valence-corrected chi connectivity index (χ4v) is 1.64. The van der Waals surface area contributed by atoms with Crippen molar-refractivity contribution in [1.29, 1.82) is 0 Å². The van der Waals surface area contributed by atoms with E-state index in [1.807, 2.05) is 19.1 Å². The Labute approximate surface area is 109 Å². The second kappa shape index (κ2) is 5.30. The first-order valence-corrected chi connectivity index (χ1v) is 5.64. The van der Waals surface area contributed by atoms with Gasteiger partial charge in [-0.2, -0.15) is 0 Å². The van der Waals surface area contributed by atoms with E-state index >= 15 is 0 Å². The van der Waals surface area contributed by atoms with Crippen molar-refractivity contribution >= 4 is 17.7 Å². The lowest BCUT2D eigenvalue weighted by Gasteiger charge is -2.07. The van der Waals surface area contributed by atoms with Crippen molar-refractivity contribution < 1.29 is 14.7 Å². The highest BCUT2D eigenvalue weighted by Crippen LogP contribution is 2.11. The number of hydrogen-bond acceptors (Lipinski definition) is 3. The molecular weight excluding hydrogens is 244 g/mol. The molecule has 2 rings (SSSR count). The van der Waals surface area contributed by atoms with Gasteiger partial charge in [-0.3, -0.25) is 4.79 Å². The Morgan fingerprint density at radius 3 is 2.63 bits per heavy atom. The van der Waals surface area contributed by atoms with Gasteiger partial charge in [0.1, 0.15) is 5.82 Å². The summed E-state index contributed by atoms with van der Waals surface area (Å²) in [6, 6.07) is 9.82. The number of rotatable bonds is 3. The molecule has 5 heteroatoms. The van der Waals surface area contributed by atoms with Crippen LogP contribution in [0.2, 0.25) is 0 Å². The van der Waals surface area contributed by atoms with Crippen molar-refractivity contribution in [2.75, 3.05) is 5.32 Å². The molecule has 5 nitrogen and oxygen atoms in total. The van der Waals surface area contributed by atoms with Crippen LogP contribution in [-0.4, -0.2) is 22.0 Å². The van der Waals surface area contributed by atoms with Gasteiger partial charge in [0.25, 0.3) is 5.91 Å². The lowest BCUT2D eigenvalue weighted by atomic mass is 10.1. The predicted molar refractivity (Wildman–Crippen MR) is 70.3 cm³/mol. The van der Waals surface area contributed by atoms with Crippen LogP contribution in [0, 0.1) is 6.92 Å². The standard InChI is InChI=1S/C14H12N2O3/c1-9-4-2-3-5-11(9)13(17)16-12-8-10(14(18)19)6-7-15-12/h2-8H,1H3,(H,18,19)(H,15,16,17). The number of carboxylic acid groups (broad SMARTS) is 1. The number of aromatic nitrogens is 1. The summed E-state index contributed by atoms with van der Waals surface area (Å²) < 4.78 is 0. The third-order valence-corrected chi connectivity index (χ3v) is 2.64. The van der Waals surface area contributed by atoms with Crippen molar-refractivity contribution in [2.45, 2.75) is 6.92 Å². The van der Waals surface area contributed by atoms with Crippen LogP contribution < -0.4 is 5.32 Å². The summed E-state index contributed by atoms with van der Waals surface area (Å²) in [4.78, 5) is 26.8. The van der Waals surface area contributed by atoms with Gasteiger partial charge in [0.2, 0.25) is 0 Å². The minimum atomic E-state index is -1.06. The van der Waals surface area contributed by atoms with Crippen molar-refractivity contribution in [1.82, 2.24) is 4.98 Å². The largest absolute Gasteiger partial charge is 0.478 e. The molecular formula is C14H12N2O3. The van der Waals surface area contributed by atoms with Crippen LogP contribution in [0.25, 0.3) is 0 Å². The number of aromatic carboxylic acids is 1. The first-order chi connectivity index (χ1) is 9.08. The van der Waals surface area contributed by atoms with Crippen LogP contribution in [0.5, 0.6) is 0 Å². The number of aryl methyl sites for hydroxylation is 1. The molecule has 2 aromatic rings. The molecule has 19 heavy (non-hydrogen) atoms. The summed E-state index contributed by atoms with van der Waals surface area (Å²) in [5.41, 5.74) is 1.45. The van der Waals surface area contributed by atoms with E-state index in [2.05, 4.69) is 10.3 Å². The van der Waals surface area contributed by atoms with Gasteiger partial charge < -0.3 is 10.4 Å². The zero-order chi connectivity index (χ0) is 13.8. The van der Waals surface area contributed by atoms with Gasteiger partial charge >= 0.3 is 5.97 Å². The molecule has 1 heterocycles. The van der Waals surface area contributed by atoms with Gasteiger partial charge in [-0.15, -0.1) is 0 Å². The number of carbonyl (C=O) groups is 2.